The molecule has 2 unspecified atom stereocenters. The van der Waals surface area contributed by atoms with Crippen molar-refractivity contribution in [3.63, 3.8) is 0 Å². The molecule has 1 N–H and O–H groups in total. The molecule has 0 fully saturated rings. The fourth-order valence-electron chi connectivity index (χ4n) is 1.88. The van der Waals surface area contributed by atoms with Crippen LogP contribution in [-0.4, -0.2) is 13.1 Å². The number of hydrogen-bond donors (Lipinski definition) is 1. The van der Waals surface area contributed by atoms with Crippen molar-refractivity contribution < 1.29 is 0 Å². The number of hydrogen-bond acceptors (Lipinski definition) is 1. The molecule has 0 aliphatic carbocycles. The molecule has 0 radical (unpaired) electrons. The largest absolute Gasteiger partial charge is 0.316 e. The molecule has 0 aromatic heterocycles. The van der Waals surface area contributed by atoms with Gasteiger partial charge >= 0.3 is 0 Å². The van der Waals surface area contributed by atoms with E-state index in [2.05, 4.69) is 32.8 Å². The smallest absolute Gasteiger partial charge is 0.0127 e. The van der Waals surface area contributed by atoms with E-state index >= 15 is 0 Å². The van der Waals surface area contributed by atoms with E-state index in [-0.39, 0.29) is 0 Å². The molecule has 0 aliphatic heterocycles. The monoisotopic (exact) mass is 183 g/mol. The molecule has 0 rings (SSSR count). The minimum absolute atomic E-state index is 0.633. The molecule has 0 saturated heterocycles. The van der Waals surface area contributed by atoms with E-state index in [0.717, 1.165) is 12.3 Å². The third-order valence-electron chi connectivity index (χ3n) is 2.81. The Bertz CT molecular complexity index is 120. The average Bonchev–Trinajstić information content (AvgIpc) is 2.17. The van der Waals surface area contributed by atoms with Crippen LogP contribution in [0.5, 0.6) is 0 Å². The topological polar surface area (TPSA) is 12.0 Å². The van der Waals surface area contributed by atoms with Gasteiger partial charge in [-0.2, -0.15) is 0 Å². The van der Waals surface area contributed by atoms with Crippen LogP contribution in [0.25, 0.3) is 0 Å². The van der Waals surface area contributed by atoms with Gasteiger partial charge in [0, 0.05) is 6.04 Å². The van der Waals surface area contributed by atoms with Crippen LogP contribution in [0.15, 0.2) is 12.7 Å². The second kappa shape index (κ2) is 8.31. The molecule has 0 saturated carbocycles. The van der Waals surface area contributed by atoms with Crippen molar-refractivity contribution in [3.8, 4) is 0 Å². The molecular formula is C12H25N. The molecule has 0 bridgehead atoms. The van der Waals surface area contributed by atoms with E-state index in [4.69, 9.17) is 0 Å². The van der Waals surface area contributed by atoms with Crippen molar-refractivity contribution in [2.45, 2.75) is 52.0 Å². The van der Waals surface area contributed by atoms with Crippen LogP contribution in [-0.2, 0) is 0 Å². The van der Waals surface area contributed by atoms with Crippen LogP contribution in [0.2, 0.25) is 0 Å². The first-order valence-corrected chi connectivity index (χ1v) is 5.58. The maximum Gasteiger partial charge on any atom is 0.0127 e. The Hall–Kier alpha value is -0.300. The molecular weight excluding hydrogens is 158 g/mol. The Balaban J connectivity index is 3.91. The normalized spacial score (nSPS) is 15.3. The molecule has 13 heavy (non-hydrogen) atoms. The molecule has 2 atom stereocenters. The van der Waals surface area contributed by atoms with E-state index in [9.17, 15) is 0 Å². The Kier molecular flexibility index (Phi) is 8.11. The van der Waals surface area contributed by atoms with Crippen LogP contribution in [0, 0.1) is 5.92 Å². The van der Waals surface area contributed by atoms with Gasteiger partial charge in [-0.3, -0.25) is 0 Å². The number of rotatable bonds is 8. The highest BCUT2D eigenvalue weighted by Gasteiger charge is 2.15. The standard InChI is InChI=1S/C12H25N/c1-5-8-10-11(7-3)12(13-4)9-6-2/h6,11-13H,2,5,7-10H2,1,3-4H3. The third-order valence-corrected chi connectivity index (χ3v) is 2.81. The van der Waals surface area contributed by atoms with Gasteiger partial charge in [0.1, 0.15) is 0 Å². The molecule has 0 aromatic carbocycles. The summed E-state index contributed by atoms with van der Waals surface area (Å²) < 4.78 is 0. The van der Waals surface area contributed by atoms with Gasteiger partial charge in [0.25, 0.3) is 0 Å². The van der Waals surface area contributed by atoms with Crippen LogP contribution < -0.4 is 5.32 Å². The predicted octanol–water partition coefficient (Wildman–Crippen LogP) is 3.37. The molecule has 1 heteroatoms. The lowest BCUT2D eigenvalue weighted by Gasteiger charge is -2.24. The Morgan fingerprint density at radius 1 is 1.38 bits per heavy atom. The molecule has 0 spiro atoms. The summed E-state index contributed by atoms with van der Waals surface area (Å²) in [6.45, 7) is 8.35. The highest BCUT2D eigenvalue weighted by Crippen LogP contribution is 2.19. The first-order chi connectivity index (χ1) is 6.29. The average molecular weight is 183 g/mol. The van der Waals surface area contributed by atoms with Gasteiger partial charge < -0.3 is 5.32 Å². The highest BCUT2D eigenvalue weighted by atomic mass is 14.9. The Morgan fingerprint density at radius 3 is 2.46 bits per heavy atom. The molecule has 0 heterocycles. The quantitative estimate of drug-likeness (QED) is 0.569. The number of unbranched alkanes of at least 4 members (excludes halogenated alkanes) is 1. The van der Waals surface area contributed by atoms with Crippen molar-refractivity contribution in [1.82, 2.24) is 5.32 Å². The van der Waals surface area contributed by atoms with Gasteiger partial charge in [-0.15, -0.1) is 6.58 Å². The van der Waals surface area contributed by atoms with E-state index in [1.165, 1.54) is 25.7 Å². The van der Waals surface area contributed by atoms with Crippen LogP contribution in [0.3, 0.4) is 0 Å². The van der Waals surface area contributed by atoms with Crippen molar-refractivity contribution >= 4 is 0 Å². The first kappa shape index (κ1) is 12.7. The lowest BCUT2D eigenvalue weighted by atomic mass is 9.89. The molecule has 0 amide bonds. The molecule has 1 nitrogen and oxygen atoms in total. The van der Waals surface area contributed by atoms with Gasteiger partial charge in [0.05, 0.1) is 0 Å². The summed E-state index contributed by atoms with van der Waals surface area (Å²) in [6, 6.07) is 0.633. The van der Waals surface area contributed by atoms with Crippen LogP contribution in [0.1, 0.15) is 46.0 Å². The van der Waals surface area contributed by atoms with Crippen molar-refractivity contribution in [3.05, 3.63) is 12.7 Å². The van der Waals surface area contributed by atoms with Crippen molar-refractivity contribution in [2.24, 2.45) is 5.92 Å². The fourth-order valence-corrected chi connectivity index (χ4v) is 1.88. The zero-order chi connectivity index (χ0) is 10.1. The summed E-state index contributed by atoms with van der Waals surface area (Å²) in [5.74, 6) is 0.822. The highest BCUT2D eigenvalue weighted by molar-refractivity contribution is 4.82. The summed E-state index contributed by atoms with van der Waals surface area (Å²) >= 11 is 0. The van der Waals surface area contributed by atoms with E-state index in [1.807, 2.05) is 6.08 Å². The minimum Gasteiger partial charge on any atom is -0.316 e. The fraction of sp³-hybridized carbons (Fsp3) is 0.833. The van der Waals surface area contributed by atoms with Crippen molar-refractivity contribution in [2.75, 3.05) is 7.05 Å². The molecule has 78 valence electrons. The zero-order valence-corrected chi connectivity index (χ0v) is 9.47. The SMILES string of the molecule is C=CCC(NC)C(CC)CCCC. The van der Waals surface area contributed by atoms with Gasteiger partial charge in [-0.05, 0) is 25.8 Å². The van der Waals surface area contributed by atoms with E-state index in [1.54, 1.807) is 0 Å². The van der Waals surface area contributed by atoms with Crippen LogP contribution >= 0.6 is 0 Å². The lowest BCUT2D eigenvalue weighted by Crippen LogP contribution is -2.32. The Morgan fingerprint density at radius 2 is 2.08 bits per heavy atom. The summed E-state index contributed by atoms with van der Waals surface area (Å²) in [5.41, 5.74) is 0. The third kappa shape index (κ3) is 5.09. The maximum atomic E-state index is 3.81. The summed E-state index contributed by atoms with van der Waals surface area (Å²) in [6.07, 6.45) is 8.41. The second-order valence-electron chi connectivity index (χ2n) is 3.73. The lowest BCUT2D eigenvalue weighted by molar-refractivity contribution is 0.334. The van der Waals surface area contributed by atoms with Gasteiger partial charge in [0.15, 0.2) is 0 Å². The zero-order valence-electron chi connectivity index (χ0n) is 9.47. The van der Waals surface area contributed by atoms with Gasteiger partial charge in [-0.1, -0.05) is 39.2 Å². The van der Waals surface area contributed by atoms with E-state index in [0.29, 0.717) is 6.04 Å². The van der Waals surface area contributed by atoms with E-state index < -0.39 is 0 Å². The second-order valence-corrected chi connectivity index (χ2v) is 3.73. The summed E-state index contributed by atoms with van der Waals surface area (Å²) in [5, 5.41) is 3.39. The molecule has 0 aliphatic rings. The maximum absolute atomic E-state index is 3.81. The Labute approximate surface area is 83.6 Å². The van der Waals surface area contributed by atoms with Gasteiger partial charge in [0.2, 0.25) is 0 Å². The minimum atomic E-state index is 0.633. The van der Waals surface area contributed by atoms with Crippen LogP contribution in [0.4, 0.5) is 0 Å². The van der Waals surface area contributed by atoms with Gasteiger partial charge in [-0.25, -0.2) is 0 Å². The van der Waals surface area contributed by atoms with Crippen molar-refractivity contribution in [1.29, 1.82) is 0 Å². The summed E-state index contributed by atoms with van der Waals surface area (Å²) in [7, 11) is 2.06. The summed E-state index contributed by atoms with van der Waals surface area (Å²) in [4.78, 5) is 0. The number of nitrogens with one attached hydrogen (secondary N) is 1. The molecule has 0 aromatic rings. The predicted molar refractivity (Wildman–Crippen MR) is 61.0 cm³/mol. The first-order valence-electron chi connectivity index (χ1n) is 5.58.